The molecule has 4 rings (SSSR count). The number of piperidine rings is 1. The molecule has 7 heteroatoms. The highest BCUT2D eigenvalue weighted by molar-refractivity contribution is 5.87. The molecule has 1 aliphatic rings. The molecule has 140 valence electrons. The van der Waals surface area contributed by atoms with Crippen molar-refractivity contribution in [2.24, 2.45) is 5.92 Å². The van der Waals surface area contributed by atoms with Crippen LogP contribution >= 0.6 is 0 Å². The average Bonchev–Trinajstić information content (AvgIpc) is 3.16. The molecule has 0 saturated carbocycles. The molecular formula is C20H22FN5O. The summed E-state index contributed by atoms with van der Waals surface area (Å²) in [6.07, 6.45) is 6.07. The summed E-state index contributed by atoms with van der Waals surface area (Å²) in [4.78, 5) is 26.5. The number of aromatic nitrogens is 3. The Morgan fingerprint density at radius 2 is 2.11 bits per heavy atom. The molecule has 3 aromatic rings. The van der Waals surface area contributed by atoms with Crippen LogP contribution in [0.2, 0.25) is 0 Å². The van der Waals surface area contributed by atoms with E-state index in [9.17, 15) is 9.18 Å². The summed E-state index contributed by atoms with van der Waals surface area (Å²) in [5.74, 6) is 1.13. The molecule has 1 aromatic carbocycles. The Bertz CT molecular complexity index is 924. The summed E-state index contributed by atoms with van der Waals surface area (Å²) in [7, 11) is 0. The lowest BCUT2D eigenvalue weighted by atomic mass is 9.92. The lowest BCUT2D eigenvalue weighted by Gasteiger charge is -2.33. The van der Waals surface area contributed by atoms with Crippen molar-refractivity contribution in [3.05, 3.63) is 48.7 Å². The van der Waals surface area contributed by atoms with Gasteiger partial charge in [0.05, 0.1) is 11.9 Å². The van der Waals surface area contributed by atoms with Crippen LogP contribution in [0.5, 0.6) is 0 Å². The third kappa shape index (κ3) is 4.07. The third-order valence-corrected chi connectivity index (χ3v) is 5.00. The molecule has 0 aliphatic carbocycles. The van der Waals surface area contributed by atoms with Gasteiger partial charge in [0.15, 0.2) is 5.78 Å². The van der Waals surface area contributed by atoms with Gasteiger partial charge in [-0.2, -0.15) is 0 Å². The number of ketones is 1. The highest BCUT2D eigenvalue weighted by atomic mass is 19.1. The van der Waals surface area contributed by atoms with Crippen LogP contribution in [-0.4, -0.2) is 40.4 Å². The van der Waals surface area contributed by atoms with Gasteiger partial charge in [-0.25, -0.2) is 14.4 Å². The SMILES string of the molecule is O=C(CNc1ccc(F)cc1)CC1CCCN(c2ncnc3[nH]ccc23)C1. The molecule has 2 N–H and O–H groups in total. The lowest BCUT2D eigenvalue weighted by molar-refractivity contribution is -0.118. The molecule has 0 radical (unpaired) electrons. The number of benzene rings is 1. The number of hydrogen-bond acceptors (Lipinski definition) is 5. The normalized spacial score (nSPS) is 17.2. The summed E-state index contributed by atoms with van der Waals surface area (Å²) in [6.45, 7) is 2.02. The zero-order chi connectivity index (χ0) is 18.6. The van der Waals surface area contributed by atoms with Gasteiger partial charge in [0.1, 0.15) is 23.6 Å². The first-order valence-corrected chi connectivity index (χ1v) is 9.23. The molecule has 1 unspecified atom stereocenters. The van der Waals surface area contributed by atoms with E-state index in [0.717, 1.165) is 48.5 Å². The standard InChI is InChI=1S/C20H22FN5O/c21-15-3-5-16(6-4-15)23-11-17(27)10-14-2-1-9-26(12-14)20-18-7-8-22-19(18)24-13-25-20/h3-8,13-14,23H,1-2,9-12H2,(H,22,24,25). The minimum absolute atomic E-state index is 0.167. The molecule has 2 aromatic heterocycles. The molecule has 1 fully saturated rings. The van der Waals surface area contributed by atoms with Gasteiger partial charge in [0.25, 0.3) is 0 Å². The van der Waals surface area contributed by atoms with E-state index in [1.807, 2.05) is 12.3 Å². The molecule has 1 saturated heterocycles. The summed E-state index contributed by atoms with van der Waals surface area (Å²) in [6, 6.07) is 8.04. The number of carbonyl (C=O) groups is 1. The average molecular weight is 367 g/mol. The Kier molecular flexibility index (Phi) is 5.00. The number of nitrogens with zero attached hydrogens (tertiary/aromatic N) is 3. The first-order valence-electron chi connectivity index (χ1n) is 9.23. The van der Waals surface area contributed by atoms with Crippen LogP contribution < -0.4 is 10.2 Å². The van der Waals surface area contributed by atoms with Crippen molar-refractivity contribution in [3.8, 4) is 0 Å². The van der Waals surface area contributed by atoms with E-state index < -0.39 is 0 Å². The Labute approximate surface area is 156 Å². The molecule has 1 aliphatic heterocycles. The second-order valence-corrected chi connectivity index (χ2v) is 6.99. The second kappa shape index (κ2) is 7.73. The van der Waals surface area contributed by atoms with E-state index >= 15 is 0 Å². The molecule has 1 atom stereocenters. The van der Waals surface area contributed by atoms with Crippen molar-refractivity contribution in [3.63, 3.8) is 0 Å². The minimum Gasteiger partial charge on any atom is -0.378 e. The van der Waals surface area contributed by atoms with Crippen molar-refractivity contribution in [2.45, 2.75) is 19.3 Å². The van der Waals surface area contributed by atoms with Crippen molar-refractivity contribution >= 4 is 28.3 Å². The van der Waals surface area contributed by atoms with Crippen LogP contribution in [0.25, 0.3) is 11.0 Å². The van der Waals surface area contributed by atoms with Crippen LogP contribution in [0.4, 0.5) is 15.9 Å². The first kappa shape index (κ1) is 17.5. The van der Waals surface area contributed by atoms with Gasteiger partial charge >= 0.3 is 0 Å². The maximum atomic E-state index is 12.9. The fraction of sp³-hybridized carbons (Fsp3) is 0.350. The Morgan fingerprint density at radius 1 is 1.26 bits per heavy atom. The first-order chi connectivity index (χ1) is 13.2. The van der Waals surface area contributed by atoms with Crippen molar-refractivity contribution in [1.82, 2.24) is 15.0 Å². The van der Waals surface area contributed by atoms with Crippen LogP contribution in [0.3, 0.4) is 0 Å². The topological polar surface area (TPSA) is 73.9 Å². The van der Waals surface area contributed by atoms with Crippen molar-refractivity contribution in [1.29, 1.82) is 0 Å². The molecule has 27 heavy (non-hydrogen) atoms. The van der Waals surface area contributed by atoms with Gasteiger partial charge in [-0.1, -0.05) is 0 Å². The highest BCUT2D eigenvalue weighted by Gasteiger charge is 2.24. The summed E-state index contributed by atoms with van der Waals surface area (Å²) in [5, 5.41) is 4.09. The number of nitrogens with one attached hydrogen (secondary N) is 2. The number of fused-ring (bicyclic) bond motifs is 1. The lowest BCUT2D eigenvalue weighted by Crippen LogP contribution is -2.37. The monoisotopic (exact) mass is 367 g/mol. The minimum atomic E-state index is -0.282. The number of aromatic amines is 1. The van der Waals surface area contributed by atoms with Crippen LogP contribution in [0.1, 0.15) is 19.3 Å². The number of halogens is 1. The van der Waals surface area contributed by atoms with Crippen LogP contribution in [-0.2, 0) is 4.79 Å². The number of hydrogen-bond donors (Lipinski definition) is 2. The van der Waals surface area contributed by atoms with Crippen LogP contribution in [0, 0.1) is 11.7 Å². The number of rotatable bonds is 6. The third-order valence-electron chi connectivity index (χ3n) is 5.00. The number of H-pyrrole nitrogens is 1. The molecule has 3 heterocycles. The zero-order valence-corrected chi connectivity index (χ0v) is 15.0. The second-order valence-electron chi connectivity index (χ2n) is 6.99. The van der Waals surface area contributed by atoms with E-state index in [0.29, 0.717) is 12.3 Å². The largest absolute Gasteiger partial charge is 0.378 e. The quantitative estimate of drug-likeness (QED) is 0.699. The summed E-state index contributed by atoms with van der Waals surface area (Å²) < 4.78 is 12.9. The van der Waals surface area contributed by atoms with E-state index in [1.54, 1.807) is 18.5 Å². The molecule has 0 bridgehead atoms. The van der Waals surface area contributed by atoms with Gasteiger partial charge in [0, 0.05) is 31.4 Å². The van der Waals surface area contributed by atoms with E-state index in [4.69, 9.17) is 0 Å². The molecule has 0 spiro atoms. The Balaban J connectivity index is 1.35. The number of anilines is 2. The van der Waals surface area contributed by atoms with Gasteiger partial charge in [-0.15, -0.1) is 0 Å². The molecule has 0 amide bonds. The van der Waals surface area contributed by atoms with Crippen molar-refractivity contribution in [2.75, 3.05) is 29.9 Å². The van der Waals surface area contributed by atoms with Gasteiger partial charge in [0.2, 0.25) is 0 Å². The van der Waals surface area contributed by atoms with E-state index in [2.05, 4.69) is 25.2 Å². The van der Waals surface area contributed by atoms with Crippen LogP contribution in [0.15, 0.2) is 42.9 Å². The molecular weight excluding hydrogens is 345 g/mol. The Hall–Kier alpha value is -2.96. The summed E-state index contributed by atoms with van der Waals surface area (Å²) >= 11 is 0. The maximum Gasteiger partial charge on any atom is 0.152 e. The van der Waals surface area contributed by atoms with Gasteiger partial charge < -0.3 is 15.2 Å². The maximum absolute atomic E-state index is 12.9. The van der Waals surface area contributed by atoms with Gasteiger partial charge in [-0.3, -0.25) is 4.79 Å². The fourth-order valence-electron chi connectivity index (χ4n) is 3.70. The predicted octanol–water partition coefficient (Wildman–Crippen LogP) is 3.38. The van der Waals surface area contributed by atoms with Gasteiger partial charge in [-0.05, 0) is 49.1 Å². The Morgan fingerprint density at radius 3 is 2.96 bits per heavy atom. The predicted molar refractivity (Wildman–Crippen MR) is 103 cm³/mol. The fourth-order valence-corrected chi connectivity index (χ4v) is 3.70. The molecule has 6 nitrogen and oxygen atoms in total. The van der Waals surface area contributed by atoms with E-state index in [1.165, 1.54) is 12.1 Å². The van der Waals surface area contributed by atoms with Crippen molar-refractivity contribution < 1.29 is 9.18 Å². The summed E-state index contributed by atoms with van der Waals surface area (Å²) in [5.41, 5.74) is 1.59. The highest BCUT2D eigenvalue weighted by Crippen LogP contribution is 2.28. The number of carbonyl (C=O) groups excluding carboxylic acids is 1. The number of Topliss-reactive ketones (excluding diaryl/α,β-unsaturated/α-hetero) is 1. The van der Waals surface area contributed by atoms with E-state index in [-0.39, 0.29) is 18.1 Å². The zero-order valence-electron chi connectivity index (χ0n) is 15.0. The smallest absolute Gasteiger partial charge is 0.152 e.